The molecule has 1 amide bonds. The lowest BCUT2D eigenvalue weighted by Crippen LogP contribution is -2.30. The molecule has 1 N–H and O–H groups in total. The maximum absolute atomic E-state index is 11.7. The Morgan fingerprint density at radius 3 is 2.62 bits per heavy atom. The van der Waals surface area contributed by atoms with Crippen molar-refractivity contribution in [1.29, 1.82) is 0 Å². The van der Waals surface area contributed by atoms with Crippen molar-refractivity contribution in [3.8, 4) is 22.8 Å². The van der Waals surface area contributed by atoms with E-state index in [1.807, 2.05) is 60.7 Å². The summed E-state index contributed by atoms with van der Waals surface area (Å²) in [6.45, 7) is 4.92. The van der Waals surface area contributed by atoms with Crippen LogP contribution in [0.3, 0.4) is 0 Å². The second kappa shape index (κ2) is 8.56. The van der Waals surface area contributed by atoms with Crippen molar-refractivity contribution in [3.05, 3.63) is 79.6 Å². The second-order valence-corrected chi connectivity index (χ2v) is 6.85. The van der Waals surface area contributed by atoms with Gasteiger partial charge in [-0.3, -0.25) is 4.79 Å². The molecule has 2 heterocycles. The molecule has 0 radical (unpaired) electrons. The SMILES string of the molecule is C=CC(=O)N1CCC(Nc2cc(-c3ccc(Oc4ccccc4)cc3)ncn2)C1. The van der Waals surface area contributed by atoms with Crippen LogP contribution in [0.1, 0.15) is 6.42 Å². The van der Waals surface area contributed by atoms with Gasteiger partial charge in [-0.25, -0.2) is 9.97 Å². The van der Waals surface area contributed by atoms with Gasteiger partial charge in [0.05, 0.1) is 5.69 Å². The van der Waals surface area contributed by atoms with Gasteiger partial charge in [0.1, 0.15) is 23.6 Å². The molecular weight excluding hydrogens is 364 g/mol. The summed E-state index contributed by atoms with van der Waals surface area (Å²) in [4.78, 5) is 22.2. The van der Waals surface area contributed by atoms with Gasteiger partial charge in [-0.2, -0.15) is 0 Å². The van der Waals surface area contributed by atoms with Crippen molar-refractivity contribution in [2.45, 2.75) is 12.5 Å². The molecular formula is C23H22N4O2. The fourth-order valence-corrected chi connectivity index (χ4v) is 3.33. The van der Waals surface area contributed by atoms with E-state index in [9.17, 15) is 4.79 Å². The van der Waals surface area contributed by atoms with Crippen molar-refractivity contribution < 1.29 is 9.53 Å². The highest BCUT2D eigenvalue weighted by Crippen LogP contribution is 2.26. The van der Waals surface area contributed by atoms with Gasteiger partial charge in [0.2, 0.25) is 5.91 Å². The zero-order valence-electron chi connectivity index (χ0n) is 16.0. The normalized spacial score (nSPS) is 15.7. The summed E-state index contributed by atoms with van der Waals surface area (Å²) in [6.07, 6.45) is 3.79. The Kier molecular flexibility index (Phi) is 5.52. The van der Waals surface area contributed by atoms with Gasteiger partial charge < -0.3 is 15.0 Å². The molecule has 6 nitrogen and oxygen atoms in total. The maximum Gasteiger partial charge on any atom is 0.246 e. The highest BCUT2D eigenvalue weighted by Gasteiger charge is 2.24. The van der Waals surface area contributed by atoms with Gasteiger partial charge in [-0.15, -0.1) is 0 Å². The summed E-state index contributed by atoms with van der Waals surface area (Å²) in [5, 5.41) is 3.40. The maximum atomic E-state index is 11.7. The van der Waals surface area contributed by atoms with E-state index in [0.29, 0.717) is 6.54 Å². The number of nitrogens with one attached hydrogen (secondary N) is 1. The van der Waals surface area contributed by atoms with Gasteiger partial charge in [0, 0.05) is 30.8 Å². The molecule has 1 aliphatic rings. The molecule has 1 aliphatic heterocycles. The van der Waals surface area contributed by atoms with E-state index in [4.69, 9.17) is 4.74 Å². The van der Waals surface area contributed by atoms with E-state index in [-0.39, 0.29) is 11.9 Å². The lowest BCUT2D eigenvalue weighted by molar-refractivity contribution is -0.125. The number of anilines is 1. The van der Waals surface area contributed by atoms with Crippen LogP contribution in [0, 0.1) is 0 Å². The van der Waals surface area contributed by atoms with E-state index in [2.05, 4.69) is 21.9 Å². The fourth-order valence-electron chi connectivity index (χ4n) is 3.33. The van der Waals surface area contributed by atoms with Crippen LogP contribution in [-0.4, -0.2) is 39.9 Å². The summed E-state index contributed by atoms with van der Waals surface area (Å²) >= 11 is 0. The van der Waals surface area contributed by atoms with Gasteiger partial charge in [-0.1, -0.05) is 24.8 Å². The number of carbonyl (C=O) groups excluding carboxylic acids is 1. The fraction of sp³-hybridized carbons (Fsp3) is 0.174. The number of likely N-dealkylation sites (tertiary alicyclic amines) is 1. The van der Waals surface area contributed by atoms with Crippen LogP contribution in [0.5, 0.6) is 11.5 Å². The van der Waals surface area contributed by atoms with E-state index in [0.717, 1.165) is 41.5 Å². The number of hydrogen-bond donors (Lipinski definition) is 1. The van der Waals surface area contributed by atoms with Crippen LogP contribution in [0.4, 0.5) is 5.82 Å². The molecule has 29 heavy (non-hydrogen) atoms. The largest absolute Gasteiger partial charge is 0.457 e. The smallest absolute Gasteiger partial charge is 0.246 e. The zero-order valence-corrected chi connectivity index (χ0v) is 16.0. The number of aromatic nitrogens is 2. The van der Waals surface area contributed by atoms with Crippen LogP contribution >= 0.6 is 0 Å². The molecule has 0 saturated carbocycles. The standard InChI is InChI=1S/C23H22N4O2/c1-2-23(28)27-13-12-18(15-27)26-22-14-21(24-16-25-22)17-8-10-20(11-9-17)29-19-6-4-3-5-7-19/h2-11,14,16,18H,1,12-13,15H2,(H,24,25,26). The van der Waals surface area contributed by atoms with Gasteiger partial charge in [0.25, 0.3) is 0 Å². The minimum absolute atomic E-state index is 0.0320. The van der Waals surface area contributed by atoms with Crippen LogP contribution < -0.4 is 10.1 Å². The monoisotopic (exact) mass is 386 g/mol. The summed E-state index contributed by atoms with van der Waals surface area (Å²) in [5.41, 5.74) is 1.80. The Morgan fingerprint density at radius 2 is 1.86 bits per heavy atom. The van der Waals surface area contributed by atoms with E-state index >= 15 is 0 Å². The van der Waals surface area contributed by atoms with Crippen molar-refractivity contribution in [1.82, 2.24) is 14.9 Å². The number of nitrogens with zero attached hydrogens (tertiary/aromatic N) is 3. The van der Waals surface area contributed by atoms with Crippen molar-refractivity contribution in [2.75, 3.05) is 18.4 Å². The molecule has 3 aromatic rings. The Morgan fingerprint density at radius 1 is 1.10 bits per heavy atom. The molecule has 6 heteroatoms. The van der Waals surface area contributed by atoms with E-state index in [1.54, 1.807) is 11.2 Å². The van der Waals surface area contributed by atoms with Crippen LogP contribution in [-0.2, 0) is 4.79 Å². The molecule has 0 bridgehead atoms. The predicted octanol–water partition coefficient (Wildman–Crippen LogP) is 4.13. The minimum atomic E-state index is -0.0320. The Bertz CT molecular complexity index is 989. The first-order chi connectivity index (χ1) is 14.2. The molecule has 4 rings (SSSR count). The number of ether oxygens (including phenoxy) is 1. The topological polar surface area (TPSA) is 67.4 Å². The number of hydrogen-bond acceptors (Lipinski definition) is 5. The summed E-state index contributed by atoms with van der Waals surface area (Å²) in [5.74, 6) is 2.28. The number of para-hydroxylation sites is 1. The van der Waals surface area contributed by atoms with Gasteiger partial charge in [-0.05, 0) is 48.9 Å². The zero-order chi connectivity index (χ0) is 20.1. The summed E-state index contributed by atoms with van der Waals surface area (Å²) in [7, 11) is 0. The number of amides is 1. The molecule has 1 saturated heterocycles. The highest BCUT2D eigenvalue weighted by atomic mass is 16.5. The van der Waals surface area contributed by atoms with E-state index in [1.165, 1.54) is 6.08 Å². The minimum Gasteiger partial charge on any atom is -0.457 e. The first kappa shape index (κ1) is 18.7. The molecule has 1 unspecified atom stereocenters. The molecule has 1 atom stereocenters. The third-order valence-corrected chi connectivity index (χ3v) is 4.82. The van der Waals surface area contributed by atoms with Crippen molar-refractivity contribution in [3.63, 3.8) is 0 Å². The van der Waals surface area contributed by atoms with Crippen molar-refractivity contribution in [2.24, 2.45) is 0 Å². The number of carbonyl (C=O) groups is 1. The quantitative estimate of drug-likeness (QED) is 0.645. The predicted molar refractivity (Wildman–Crippen MR) is 113 cm³/mol. The first-order valence-corrected chi connectivity index (χ1v) is 9.54. The first-order valence-electron chi connectivity index (χ1n) is 9.54. The Balaban J connectivity index is 1.42. The average molecular weight is 386 g/mol. The molecule has 0 spiro atoms. The Labute approximate surface area is 169 Å². The lowest BCUT2D eigenvalue weighted by Gasteiger charge is -2.16. The Hall–Kier alpha value is -3.67. The van der Waals surface area contributed by atoms with Gasteiger partial charge >= 0.3 is 0 Å². The van der Waals surface area contributed by atoms with Crippen LogP contribution in [0.25, 0.3) is 11.3 Å². The molecule has 2 aromatic carbocycles. The average Bonchev–Trinajstić information content (AvgIpc) is 3.23. The van der Waals surface area contributed by atoms with Crippen LogP contribution in [0.15, 0.2) is 79.6 Å². The third-order valence-electron chi connectivity index (χ3n) is 4.82. The number of benzene rings is 2. The van der Waals surface area contributed by atoms with Crippen LogP contribution in [0.2, 0.25) is 0 Å². The molecule has 0 aliphatic carbocycles. The third kappa shape index (κ3) is 4.60. The van der Waals surface area contributed by atoms with Crippen molar-refractivity contribution >= 4 is 11.7 Å². The summed E-state index contributed by atoms with van der Waals surface area (Å²) in [6, 6.07) is 19.6. The molecule has 1 fully saturated rings. The second-order valence-electron chi connectivity index (χ2n) is 6.85. The lowest BCUT2D eigenvalue weighted by atomic mass is 10.1. The van der Waals surface area contributed by atoms with Gasteiger partial charge in [0.15, 0.2) is 0 Å². The number of rotatable bonds is 6. The molecule has 1 aromatic heterocycles. The molecule has 146 valence electrons. The van der Waals surface area contributed by atoms with E-state index < -0.39 is 0 Å². The highest BCUT2D eigenvalue weighted by molar-refractivity contribution is 5.87. The summed E-state index contributed by atoms with van der Waals surface area (Å²) < 4.78 is 5.84.